The van der Waals surface area contributed by atoms with Gasteiger partial charge in [0.15, 0.2) is 0 Å². The molecule has 0 aliphatic heterocycles. The lowest BCUT2D eigenvalue weighted by Crippen LogP contribution is -2.15. The Bertz CT molecular complexity index is 584. The van der Waals surface area contributed by atoms with Gasteiger partial charge in [-0.3, -0.25) is 9.48 Å². The molecule has 1 aromatic heterocycles. The molecule has 0 bridgehead atoms. The molecule has 4 nitrogen and oxygen atoms in total. The molecule has 0 saturated carbocycles. The number of nitrogens with one attached hydrogen (secondary N) is 1. The van der Waals surface area contributed by atoms with E-state index in [0.717, 1.165) is 5.69 Å². The highest BCUT2D eigenvalue weighted by atomic mass is 19.1. The third kappa shape index (κ3) is 2.11. The third-order valence-electron chi connectivity index (χ3n) is 2.93. The van der Waals surface area contributed by atoms with Crippen molar-refractivity contribution in [3.63, 3.8) is 0 Å². The van der Waals surface area contributed by atoms with Crippen LogP contribution in [0.25, 0.3) is 0 Å². The van der Waals surface area contributed by atoms with Gasteiger partial charge in [-0.15, -0.1) is 0 Å². The molecule has 1 amide bonds. The maximum Gasteiger partial charge on any atom is 0.258 e. The van der Waals surface area contributed by atoms with Gasteiger partial charge in [-0.25, -0.2) is 4.39 Å². The Kier molecular flexibility index (Phi) is 3.14. The number of hydrogen-bond acceptors (Lipinski definition) is 2. The molecule has 1 heterocycles. The Hall–Kier alpha value is -2.17. The highest BCUT2D eigenvalue weighted by Crippen LogP contribution is 2.17. The second-order valence-corrected chi connectivity index (χ2v) is 4.15. The van der Waals surface area contributed by atoms with E-state index in [1.807, 2.05) is 6.92 Å². The summed E-state index contributed by atoms with van der Waals surface area (Å²) >= 11 is 0. The zero-order chi connectivity index (χ0) is 13.3. The summed E-state index contributed by atoms with van der Waals surface area (Å²) in [4.78, 5) is 12.0. The van der Waals surface area contributed by atoms with Crippen molar-refractivity contribution in [3.8, 4) is 0 Å². The Labute approximate surface area is 104 Å². The van der Waals surface area contributed by atoms with E-state index in [0.29, 0.717) is 11.3 Å². The van der Waals surface area contributed by atoms with Gasteiger partial charge in [0.05, 0.1) is 23.1 Å². The first-order valence-electron chi connectivity index (χ1n) is 5.55. The van der Waals surface area contributed by atoms with Crippen LogP contribution in [0.15, 0.2) is 24.4 Å². The first-order chi connectivity index (χ1) is 8.50. The average molecular weight is 247 g/mol. The number of carbonyl (C=O) groups excluding carboxylic acids is 1. The quantitative estimate of drug-likeness (QED) is 0.886. The molecule has 18 heavy (non-hydrogen) atoms. The second-order valence-electron chi connectivity index (χ2n) is 4.15. The summed E-state index contributed by atoms with van der Waals surface area (Å²) in [5.41, 5.74) is 2.08. The summed E-state index contributed by atoms with van der Waals surface area (Å²) in [6, 6.07) is 4.56. The summed E-state index contributed by atoms with van der Waals surface area (Å²) < 4.78 is 15.3. The van der Waals surface area contributed by atoms with Gasteiger partial charge in [-0.1, -0.05) is 12.1 Å². The zero-order valence-electron chi connectivity index (χ0n) is 10.5. The van der Waals surface area contributed by atoms with E-state index in [9.17, 15) is 9.18 Å². The smallest absolute Gasteiger partial charge is 0.258 e. The number of rotatable bonds is 2. The Morgan fingerprint density at radius 1 is 1.39 bits per heavy atom. The number of anilines is 1. The first kappa shape index (κ1) is 12.3. The topological polar surface area (TPSA) is 46.9 Å². The van der Waals surface area contributed by atoms with Crippen LogP contribution in [0.4, 0.5) is 10.1 Å². The fourth-order valence-electron chi connectivity index (χ4n) is 1.73. The van der Waals surface area contributed by atoms with Crippen molar-refractivity contribution in [2.45, 2.75) is 13.8 Å². The van der Waals surface area contributed by atoms with Crippen molar-refractivity contribution >= 4 is 11.6 Å². The number of halogens is 1. The fraction of sp³-hybridized carbons (Fsp3) is 0.231. The standard InChI is InChI=1S/C13H14FN3O/c1-8-5-4-6-10(14)12(8)13(18)16-11-7-15-17(3)9(11)2/h4-7H,1-3H3,(H,16,18). The summed E-state index contributed by atoms with van der Waals surface area (Å²) in [5, 5.41) is 6.68. The number of benzene rings is 1. The lowest BCUT2D eigenvalue weighted by molar-refractivity contribution is 0.102. The van der Waals surface area contributed by atoms with Crippen LogP contribution in [0.5, 0.6) is 0 Å². The third-order valence-corrected chi connectivity index (χ3v) is 2.93. The lowest BCUT2D eigenvalue weighted by atomic mass is 10.1. The van der Waals surface area contributed by atoms with Gasteiger partial charge in [-0.2, -0.15) is 5.10 Å². The number of amides is 1. The van der Waals surface area contributed by atoms with Crippen LogP contribution in [0.1, 0.15) is 21.6 Å². The summed E-state index contributed by atoms with van der Waals surface area (Å²) in [6.45, 7) is 3.53. The zero-order valence-corrected chi connectivity index (χ0v) is 10.5. The lowest BCUT2D eigenvalue weighted by Gasteiger charge is -2.08. The molecule has 1 N–H and O–H groups in total. The molecule has 0 fully saturated rings. The molecular formula is C13H14FN3O. The van der Waals surface area contributed by atoms with E-state index < -0.39 is 11.7 Å². The molecular weight excluding hydrogens is 233 g/mol. The second kappa shape index (κ2) is 4.60. The molecule has 0 atom stereocenters. The number of nitrogens with zero attached hydrogens (tertiary/aromatic N) is 2. The Balaban J connectivity index is 2.31. The van der Waals surface area contributed by atoms with Crippen molar-refractivity contribution in [1.82, 2.24) is 9.78 Å². The van der Waals surface area contributed by atoms with Crippen LogP contribution in [-0.2, 0) is 7.05 Å². The Morgan fingerprint density at radius 3 is 2.67 bits per heavy atom. The summed E-state index contributed by atoms with van der Waals surface area (Å²) in [5.74, 6) is -0.976. The van der Waals surface area contributed by atoms with E-state index in [4.69, 9.17) is 0 Å². The van der Waals surface area contributed by atoms with Crippen LogP contribution < -0.4 is 5.32 Å². The predicted molar refractivity (Wildman–Crippen MR) is 67.0 cm³/mol. The highest BCUT2D eigenvalue weighted by Gasteiger charge is 2.16. The predicted octanol–water partition coefficient (Wildman–Crippen LogP) is 2.43. The van der Waals surface area contributed by atoms with E-state index >= 15 is 0 Å². The van der Waals surface area contributed by atoms with Crippen molar-refractivity contribution in [2.24, 2.45) is 7.05 Å². The number of hydrogen-bond donors (Lipinski definition) is 1. The molecule has 0 spiro atoms. The maximum absolute atomic E-state index is 13.6. The van der Waals surface area contributed by atoms with Gasteiger partial charge in [0.2, 0.25) is 0 Å². The van der Waals surface area contributed by atoms with E-state index in [1.165, 1.54) is 6.07 Å². The molecule has 0 radical (unpaired) electrons. The molecule has 94 valence electrons. The Morgan fingerprint density at radius 2 is 2.11 bits per heavy atom. The molecule has 0 saturated heterocycles. The van der Waals surface area contributed by atoms with Crippen molar-refractivity contribution in [3.05, 3.63) is 47.0 Å². The molecule has 5 heteroatoms. The van der Waals surface area contributed by atoms with Crippen LogP contribution in [-0.4, -0.2) is 15.7 Å². The number of carbonyl (C=O) groups is 1. The van der Waals surface area contributed by atoms with Crippen LogP contribution in [0.2, 0.25) is 0 Å². The molecule has 0 aliphatic rings. The number of aromatic nitrogens is 2. The van der Waals surface area contributed by atoms with Crippen LogP contribution in [0.3, 0.4) is 0 Å². The van der Waals surface area contributed by atoms with Gasteiger partial charge >= 0.3 is 0 Å². The van der Waals surface area contributed by atoms with Gasteiger partial charge < -0.3 is 5.32 Å². The maximum atomic E-state index is 13.6. The highest BCUT2D eigenvalue weighted by molar-refractivity contribution is 6.05. The minimum atomic E-state index is -0.519. The molecule has 0 unspecified atom stereocenters. The number of aryl methyl sites for hydroxylation is 2. The largest absolute Gasteiger partial charge is 0.319 e. The molecule has 0 aliphatic carbocycles. The van der Waals surface area contributed by atoms with Gasteiger partial charge in [-0.05, 0) is 25.5 Å². The molecule has 2 rings (SSSR count). The summed E-state index contributed by atoms with van der Waals surface area (Å²) in [6.07, 6.45) is 1.55. The minimum absolute atomic E-state index is 0.0701. The normalized spacial score (nSPS) is 10.4. The van der Waals surface area contributed by atoms with Crippen molar-refractivity contribution in [1.29, 1.82) is 0 Å². The van der Waals surface area contributed by atoms with Crippen molar-refractivity contribution < 1.29 is 9.18 Å². The molecule has 2 aromatic rings. The van der Waals surface area contributed by atoms with Crippen LogP contribution in [0, 0.1) is 19.7 Å². The average Bonchev–Trinajstić information content (AvgIpc) is 2.61. The van der Waals surface area contributed by atoms with Gasteiger partial charge in [0, 0.05) is 7.05 Å². The van der Waals surface area contributed by atoms with Crippen molar-refractivity contribution in [2.75, 3.05) is 5.32 Å². The van der Waals surface area contributed by atoms with Gasteiger partial charge in [0.1, 0.15) is 5.82 Å². The van der Waals surface area contributed by atoms with E-state index in [2.05, 4.69) is 10.4 Å². The van der Waals surface area contributed by atoms with Crippen LogP contribution >= 0.6 is 0 Å². The SMILES string of the molecule is Cc1cccc(F)c1C(=O)Nc1cnn(C)c1C. The first-order valence-corrected chi connectivity index (χ1v) is 5.55. The minimum Gasteiger partial charge on any atom is -0.319 e. The fourth-order valence-corrected chi connectivity index (χ4v) is 1.73. The van der Waals surface area contributed by atoms with E-state index in [1.54, 1.807) is 37.0 Å². The molecule has 1 aromatic carbocycles. The monoisotopic (exact) mass is 247 g/mol. The summed E-state index contributed by atoms with van der Waals surface area (Å²) in [7, 11) is 1.78. The van der Waals surface area contributed by atoms with Gasteiger partial charge in [0.25, 0.3) is 5.91 Å². The van der Waals surface area contributed by atoms with E-state index in [-0.39, 0.29) is 5.56 Å².